The minimum absolute atomic E-state index is 0.104. The Bertz CT molecular complexity index is 932. The average Bonchev–Trinajstić information content (AvgIpc) is 2.99. The highest BCUT2D eigenvalue weighted by Crippen LogP contribution is 2.17. The maximum absolute atomic E-state index is 12.7. The van der Waals surface area contributed by atoms with Crippen LogP contribution >= 0.6 is 0 Å². The van der Waals surface area contributed by atoms with E-state index in [1.165, 1.54) is 11.1 Å². The molecule has 0 saturated carbocycles. The van der Waals surface area contributed by atoms with Crippen LogP contribution in [0, 0.1) is 6.92 Å². The van der Waals surface area contributed by atoms with Crippen molar-refractivity contribution in [3.63, 3.8) is 0 Å². The predicted molar refractivity (Wildman–Crippen MR) is 107 cm³/mol. The molecule has 0 saturated heterocycles. The van der Waals surface area contributed by atoms with Crippen molar-refractivity contribution in [3.8, 4) is 0 Å². The lowest BCUT2D eigenvalue weighted by Crippen LogP contribution is -2.27. The molecule has 5 nitrogen and oxygen atoms in total. The number of nitrogens with zero attached hydrogens (tertiary/aromatic N) is 3. The fourth-order valence-corrected chi connectivity index (χ4v) is 3.56. The summed E-state index contributed by atoms with van der Waals surface area (Å²) in [5.41, 5.74) is 4.11. The molecule has 2 heterocycles. The van der Waals surface area contributed by atoms with Crippen molar-refractivity contribution in [3.05, 3.63) is 83.4 Å². The van der Waals surface area contributed by atoms with Gasteiger partial charge in [0.25, 0.3) is 5.91 Å². The average molecular weight is 360 g/mol. The highest BCUT2D eigenvalue weighted by Gasteiger charge is 2.21. The van der Waals surface area contributed by atoms with Gasteiger partial charge in [0.1, 0.15) is 11.5 Å². The molecule has 3 aromatic rings. The number of nitrogens with one attached hydrogen (secondary N) is 1. The molecule has 1 aromatic heterocycles. The SMILES string of the molecule is Cc1ccccc1CN1CCc2ncc(C(=O)Nc3ccccc3)n2CC1. The maximum Gasteiger partial charge on any atom is 0.273 e. The standard InChI is InChI=1S/C22H24N4O/c1-17-7-5-6-8-18(17)16-25-12-11-21-23-15-20(26(21)14-13-25)22(27)24-19-9-3-2-4-10-19/h2-10,15H,11-14,16H2,1H3,(H,24,27). The number of carbonyl (C=O) groups is 1. The van der Waals surface area contributed by atoms with Gasteiger partial charge in [-0.2, -0.15) is 0 Å². The van der Waals surface area contributed by atoms with E-state index in [1.807, 2.05) is 30.3 Å². The second-order valence-corrected chi connectivity index (χ2v) is 6.98. The van der Waals surface area contributed by atoms with E-state index in [0.717, 1.165) is 44.1 Å². The van der Waals surface area contributed by atoms with Gasteiger partial charge >= 0.3 is 0 Å². The number of anilines is 1. The molecule has 27 heavy (non-hydrogen) atoms. The molecule has 1 amide bonds. The van der Waals surface area contributed by atoms with Crippen LogP contribution in [0.4, 0.5) is 5.69 Å². The van der Waals surface area contributed by atoms with Crippen molar-refractivity contribution in [1.29, 1.82) is 0 Å². The molecule has 4 rings (SSSR count). The Labute approximate surface area is 159 Å². The normalized spacial score (nSPS) is 14.4. The van der Waals surface area contributed by atoms with Crippen LogP contribution in [0.25, 0.3) is 0 Å². The first-order valence-corrected chi connectivity index (χ1v) is 9.38. The molecule has 0 atom stereocenters. The minimum Gasteiger partial charge on any atom is -0.323 e. The number of benzene rings is 2. The van der Waals surface area contributed by atoms with Gasteiger partial charge in [0.05, 0.1) is 6.20 Å². The number of para-hydroxylation sites is 1. The van der Waals surface area contributed by atoms with Gasteiger partial charge in [-0.25, -0.2) is 4.98 Å². The number of fused-ring (bicyclic) bond motifs is 1. The molecule has 1 aliphatic heterocycles. The third-order valence-corrected chi connectivity index (χ3v) is 5.15. The van der Waals surface area contributed by atoms with Crippen LogP contribution in [0.1, 0.15) is 27.4 Å². The molecule has 138 valence electrons. The molecule has 0 fully saturated rings. The first-order chi connectivity index (χ1) is 13.2. The van der Waals surface area contributed by atoms with E-state index in [4.69, 9.17) is 0 Å². The van der Waals surface area contributed by atoms with Crippen LogP contribution in [-0.2, 0) is 19.5 Å². The highest BCUT2D eigenvalue weighted by molar-refractivity contribution is 6.03. The van der Waals surface area contributed by atoms with Crippen molar-refractivity contribution in [2.45, 2.75) is 26.4 Å². The Balaban J connectivity index is 1.46. The molecule has 0 radical (unpaired) electrons. The van der Waals surface area contributed by atoms with Crippen molar-refractivity contribution in [1.82, 2.24) is 14.5 Å². The zero-order valence-corrected chi connectivity index (χ0v) is 15.6. The molecule has 2 aromatic carbocycles. The van der Waals surface area contributed by atoms with Crippen LogP contribution in [0.2, 0.25) is 0 Å². The first kappa shape index (κ1) is 17.5. The summed E-state index contributed by atoms with van der Waals surface area (Å²) in [4.78, 5) is 19.6. The molecular formula is C22H24N4O. The van der Waals surface area contributed by atoms with Gasteiger partial charge in [-0.3, -0.25) is 9.69 Å². The third-order valence-electron chi connectivity index (χ3n) is 5.15. The number of carbonyl (C=O) groups excluding carboxylic acids is 1. The van der Waals surface area contributed by atoms with Crippen molar-refractivity contribution in [2.75, 3.05) is 18.4 Å². The van der Waals surface area contributed by atoms with E-state index in [2.05, 4.69) is 51.0 Å². The lowest BCUT2D eigenvalue weighted by atomic mass is 10.1. The largest absolute Gasteiger partial charge is 0.323 e. The van der Waals surface area contributed by atoms with E-state index in [9.17, 15) is 4.79 Å². The van der Waals surface area contributed by atoms with Crippen LogP contribution in [0.15, 0.2) is 60.8 Å². The third kappa shape index (κ3) is 3.93. The summed E-state index contributed by atoms with van der Waals surface area (Å²) >= 11 is 0. The Morgan fingerprint density at radius 1 is 1.04 bits per heavy atom. The lowest BCUT2D eigenvalue weighted by molar-refractivity contribution is 0.101. The zero-order valence-electron chi connectivity index (χ0n) is 15.6. The Hall–Kier alpha value is -2.92. The van der Waals surface area contributed by atoms with Crippen LogP contribution in [-0.4, -0.2) is 33.4 Å². The van der Waals surface area contributed by atoms with E-state index in [-0.39, 0.29) is 5.91 Å². The van der Waals surface area contributed by atoms with E-state index in [1.54, 1.807) is 6.20 Å². The van der Waals surface area contributed by atoms with Gasteiger partial charge in [-0.05, 0) is 30.2 Å². The minimum atomic E-state index is -0.104. The summed E-state index contributed by atoms with van der Waals surface area (Å²) in [6.07, 6.45) is 2.55. The summed E-state index contributed by atoms with van der Waals surface area (Å²) in [7, 11) is 0. The number of aromatic nitrogens is 2. The van der Waals surface area contributed by atoms with Gasteiger partial charge < -0.3 is 9.88 Å². The quantitative estimate of drug-likeness (QED) is 0.775. The fraction of sp³-hybridized carbons (Fsp3) is 0.273. The smallest absolute Gasteiger partial charge is 0.273 e. The number of rotatable bonds is 4. The number of aryl methyl sites for hydroxylation is 1. The van der Waals surface area contributed by atoms with Crippen molar-refractivity contribution in [2.24, 2.45) is 0 Å². The zero-order chi connectivity index (χ0) is 18.6. The predicted octanol–water partition coefficient (Wildman–Crippen LogP) is 3.50. The molecular weight excluding hydrogens is 336 g/mol. The summed E-state index contributed by atoms with van der Waals surface area (Å²) in [5.74, 6) is 0.882. The van der Waals surface area contributed by atoms with Gasteiger partial charge in [0.15, 0.2) is 0 Å². The molecule has 5 heteroatoms. The van der Waals surface area contributed by atoms with Crippen molar-refractivity contribution < 1.29 is 4.79 Å². The van der Waals surface area contributed by atoms with Crippen LogP contribution in [0.5, 0.6) is 0 Å². The number of amides is 1. The maximum atomic E-state index is 12.7. The second kappa shape index (κ2) is 7.76. The second-order valence-electron chi connectivity index (χ2n) is 6.98. The topological polar surface area (TPSA) is 50.2 Å². The Morgan fingerprint density at radius 2 is 1.81 bits per heavy atom. The van der Waals surface area contributed by atoms with E-state index < -0.39 is 0 Å². The number of imidazole rings is 1. The molecule has 0 aliphatic carbocycles. The molecule has 0 unspecified atom stereocenters. The molecule has 1 N–H and O–H groups in total. The Morgan fingerprint density at radius 3 is 2.63 bits per heavy atom. The fourth-order valence-electron chi connectivity index (χ4n) is 3.56. The number of hydrogen-bond donors (Lipinski definition) is 1. The molecule has 0 spiro atoms. The van der Waals surface area contributed by atoms with Gasteiger partial charge in [-0.1, -0.05) is 42.5 Å². The summed E-state index contributed by atoms with van der Waals surface area (Å²) < 4.78 is 2.07. The summed E-state index contributed by atoms with van der Waals surface area (Å²) in [6, 6.07) is 18.1. The van der Waals surface area contributed by atoms with E-state index >= 15 is 0 Å². The van der Waals surface area contributed by atoms with Gasteiger partial charge in [0, 0.05) is 38.3 Å². The first-order valence-electron chi connectivity index (χ1n) is 9.38. The van der Waals surface area contributed by atoms with Crippen LogP contribution in [0.3, 0.4) is 0 Å². The summed E-state index contributed by atoms with van der Waals surface area (Å²) in [6.45, 7) is 5.72. The van der Waals surface area contributed by atoms with Crippen molar-refractivity contribution >= 4 is 11.6 Å². The highest BCUT2D eigenvalue weighted by atomic mass is 16.2. The van der Waals surface area contributed by atoms with E-state index in [0.29, 0.717) is 5.69 Å². The van der Waals surface area contributed by atoms with Gasteiger partial charge in [-0.15, -0.1) is 0 Å². The monoisotopic (exact) mass is 360 g/mol. The van der Waals surface area contributed by atoms with Gasteiger partial charge in [0.2, 0.25) is 0 Å². The summed E-state index contributed by atoms with van der Waals surface area (Å²) in [5, 5.41) is 2.96. The molecule has 1 aliphatic rings. The molecule has 0 bridgehead atoms. The van der Waals surface area contributed by atoms with Crippen LogP contribution < -0.4 is 5.32 Å². The number of hydrogen-bond acceptors (Lipinski definition) is 3. The Kier molecular flexibility index (Phi) is 5.03. The lowest BCUT2D eigenvalue weighted by Gasteiger charge is -2.20.